The molecular formula is C33H68O. The molecule has 1 heteroatoms. The van der Waals surface area contributed by atoms with E-state index in [1.165, 1.54) is 161 Å². The fraction of sp³-hybridized carbons (Fsp3) is 1.00. The second-order valence-electron chi connectivity index (χ2n) is 12.5. The lowest BCUT2D eigenvalue weighted by molar-refractivity contribution is 0.0357. The van der Waals surface area contributed by atoms with E-state index in [2.05, 4.69) is 34.6 Å². The second-order valence-corrected chi connectivity index (χ2v) is 12.5. The van der Waals surface area contributed by atoms with Crippen LogP contribution in [0.5, 0.6) is 0 Å². The van der Waals surface area contributed by atoms with E-state index in [0.717, 1.165) is 6.61 Å². The Morgan fingerprint density at radius 1 is 0.441 bits per heavy atom. The molecule has 1 nitrogen and oxygen atoms in total. The molecule has 0 rings (SSSR count). The van der Waals surface area contributed by atoms with Gasteiger partial charge in [-0.05, 0) is 31.1 Å². The molecule has 0 N–H and O–H groups in total. The largest absolute Gasteiger partial charge is 0.378 e. The Morgan fingerprint density at radius 2 is 0.794 bits per heavy atom. The molecule has 0 saturated carbocycles. The van der Waals surface area contributed by atoms with Crippen LogP contribution in [0.25, 0.3) is 0 Å². The van der Waals surface area contributed by atoms with Gasteiger partial charge in [-0.15, -0.1) is 0 Å². The Bertz CT molecular complexity index is 369. The Labute approximate surface area is 218 Å². The standard InChI is InChI=1S/C33H68O/c1-6-8-10-12-14-17-21-25-29-32(28-24-20-16-13-11-9-7-2)34-31-27-23-19-15-18-22-26-30-33(3,4)5/h32H,6-31H2,1-5H3. The summed E-state index contributed by atoms with van der Waals surface area (Å²) in [6, 6.07) is 0. The fourth-order valence-corrected chi connectivity index (χ4v) is 5.04. The van der Waals surface area contributed by atoms with Crippen LogP contribution in [0.1, 0.15) is 195 Å². The summed E-state index contributed by atoms with van der Waals surface area (Å²) < 4.78 is 6.43. The van der Waals surface area contributed by atoms with Crippen LogP contribution in [0.4, 0.5) is 0 Å². The van der Waals surface area contributed by atoms with Crippen molar-refractivity contribution in [3.05, 3.63) is 0 Å². The number of ether oxygens (including phenoxy) is 1. The van der Waals surface area contributed by atoms with Crippen molar-refractivity contribution in [2.24, 2.45) is 5.41 Å². The molecule has 0 aromatic carbocycles. The topological polar surface area (TPSA) is 9.23 Å². The van der Waals surface area contributed by atoms with Crippen LogP contribution in [0.3, 0.4) is 0 Å². The zero-order chi connectivity index (χ0) is 25.2. The molecule has 0 saturated heterocycles. The van der Waals surface area contributed by atoms with Gasteiger partial charge in [0, 0.05) is 6.61 Å². The van der Waals surface area contributed by atoms with Crippen molar-refractivity contribution in [2.45, 2.75) is 201 Å². The van der Waals surface area contributed by atoms with Crippen LogP contribution >= 0.6 is 0 Å². The average Bonchev–Trinajstić information content (AvgIpc) is 2.80. The summed E-state index contributed by atoms with van der Waals surface area (Å²) in [4.78, 5) is 0. The van der Waals surface area contributed by atoms with E-state index in [4.69, 9.17) is 4.74 Å². The fourth-order valence-electron chi connectivity index (χ4n) is 5.04. The molecule has 1 unspecified atom stereocenters. The third-order valence-electron chi connectivity index (χ3n) is 7.43. The minimum absolute atomic E-state index is 0.511. The maximum absolute atomic E-state index is 6.43. The van der Waals surface area contributed by atoms with E-state index in [0.29, 0.717) is 11.5 Å². The number of unbranched alkanes of at least 4 members (excludes halogenated alkanes) is 19. The number of rotatable bonds is 27. The van der Waals surface area contributed by atoms with Crippen LogP contribution in [0, 0.1) is 5.41 Å². The van der Waals surface area contributed by atoms with Gasteiger partial charge in [-0.1, -0.05) is 169 Å². The van der Waals surface area contributed by atoms with Crippen LogP contribution in [0.2, 0.25) is 0 Å². The summed E-state index contributed by atoms with van der Waals surface area (Å²) >= 11 is 0. The van der Waals surface area contributed by atoms with Crippen molar-refractivity contribution >= 4 is 0 Å². The normalized spacial score (nSPS) is 13.0. The molecule has 0 aliphatic heterocycles. The van der Waals surface area contributed by atoms with Crippen molar-refractivity contribution in [1.29, 1.82) is 0 Å². The second kappa shape index (κ2) is 26.0. The Hall–Kier alpha value is -0.0400. The molecule has 206 valence electrons. The van der Waals surface area contributed by atoms with E-state index >= 15 is 0 Å². The van der Waals surface area contributed by atoms with Gasteiger partial charge in [0.25, 0.3) is 0 Å². The molecule has 0 amide bonds. The molecular weight excluding hydrogens is 412 g/mol. The first kappa shape index (κ1) is 34.0. The first-order chi connectivity index (χ1) is 16.5. The van der Waals surface area contributed by atoms with Gasteiger partial charge >= 0.3 is 0 Å². The van der Waals surface area contributed by atoms with Gasteiger partial charge < -0.3 is 4.74 Å². The molecule has 0 aromatic heterocycles. The highest BCUT2D eigenvalue weighted by Crippen LogP contribution is 2.23. The Balaban J connectivity index is 3.85. The summed E-state index contributed by atoms with van der Waals surface area (Å²) in [5.74, 6) is 0. The van der Waals surface area contributed by atoms with Crippen molar-refractivity contribution in [1.82, 2.24) is 0 Å². The van der Waals surface area contributed by atoms with Crippen molar-refractivity contribution < 1.29 is 4.74 Å². The lowest BCUT2D eigenvalue weighted by Crippen LogP contribution is -2.14. The molecule has 0 aromatic rings. The van der Waals surface area contributed by atoms with E-state index in [9.17, 15) is 0 Å². The summed E-state index contributed by atoms with van der Waals surface area (Å²) in [5.41, 5.74) is 0.511. The molecule has 0 radical (unpaired) electrons. The average molecular weight is 481 g/mol. The van der Waals surface area contributed by atoms with Gasteiger partial charge in [0.15, 0.2) is 0 Å². The zero-order valence-corrected chi connectivity index (χ0v) is 24.9. The number of hydrogen-bond donors (Lipinski definition) is 0. The maximum atomic E-state index is 6.43. The molecule has 0 heterocycles. The molecule has 0 spiro atoms. The van der Waals surface area contributed by atoms with Crippen LogP contribution < -0.4 is 0 Å². The Kier molecular flexibility index (Phi) is 26.0. The molecule has 34 heavy (non-hydrogen) atoms. The highest BCUT2D eigenvalue weighted by Gasteiger charge is 2.10. The monoisotopic (exact) mass is 481 g/mol. The van der Waals surface area contributed by atoms with Crippen LogP contribution in [-0.2, 0) is 4.74 Å². The number of hydrogen-bond acceptors (Lipinski definition) is 1. The van der Waals surface area contributed by atoms with Crippen molar-refractivity contribution in [3.63, 3.8) is 0 Å². The molecule has 0 fully saturated rings. The van der Waals surface area contributed by atoms with E-state index < -0.39 is 0 Å². The van der Waals surface area contributed by atoms with Gasteiger partial charge in [0.2, 0.25) is 0 Å². The first-order valence-corrected chi connectivity index (χ1v) is 16.1. The smallest absolute Gasteiger partial charge is 0.0575 e. The third kappa shape index (κ3) is 28.2. The van der Waals surface area contributed by atoms with Gasteiger partial charge in [-0.2, -0.15) is 0 Å². The lowest BCUT2D eigenvalue weighted by atomic mass is 9.89. The predicted octanol–water partition coefficient (Wildman–Crippen LogP) is 12.2. The third-order valence-corrected chi connectivity index (χ3v) is 7.43. The lowest BCUT2D eigenvalue weighted by Gasteiger charge is -2.18. The van der Waals surface area contributed by atoms with E-state index in [1.54, 1.807) is 0 Å². The minimum atomic E-state index is 0.511. The molecule has 0 aliphatic carbocycles. The maximum Gasteiger partial charge on any atom is 0.0575 e. The van der Waals surface area contributed by atoms with E-state index in [1.807, 2.05) is 0 Å². The Morgan fingerprint density at radius 3 is 1.21 bits per heavy atom. The quantitative estimate of drug-likeness (QED) is 0.106. The molecule has 0 bridgehead atoms. The van der Waals surface area contributed by atoms with Gasteiger partial charge in [0.1, 0.15) is 0 Å². The van der Waals surface area contributed by atoms with Gasteiger partial charge in [-0.3, -0.25) is 0 Å². The summed E-state index contributed by atoms with van der Waals surface area (Å²) in [7, 11) is 0. The highest BCUT2D eigenvalue weighted by molar-refractivity contribution is 4.62. The van der Waals surface area contributed by atoms with Crippen LogP contribution in [-0.4, -0.2) is 12.7 Å². The summed E-state index contributed by atoms with van der Waals surface area (Å²) in [5, 5.41) is 0. The van der Waals surface area contributed by atoms with E-state index in [-0.39, 0.29) is 0 Å². The molecule has 0 aliphatic rings. The first-order valence-electron chi connectivity index (χ1n) is 16.1. The van der Waals surface area contributed by atoms with Gasteiger partial charge in [-0.25, -0.2) is 0 Å². The SMILES string of the molecule is CCCCCCCCCCC(CCCCCCCCC)OCCCCCCCCCC(C)(C)C. The zero-order valence-electron chi connectivity index (χ0n) is 24.9. The predicted molar refractivity (Wildman–Crippen MR) is 156 cm³/mol. The minimum Gasteiger partial charge on any atom is -0.378 e. The van der Waals surface area contributed by atoms with Gasteiger partial charge in [0.05, 0.1) is 6.10 Å². The summed E-state index contributed by atoms with van der Waals surface area (Å²) in [6.45, 7) is 12.7. The molecule has 1 atom stereocenters. The summed E-state index contributed by atoms with van der Waals surface area (Å²) in [6.07, 6.45) is 35.4. The highest BCUT2D eigenvalue weighted by atomic mass is 16.5. The van der Waals surface area contributed by atoms with Crippen molar-refractivity contribution in [2.75, 3.05) is 6.61 Å². The van der Waals surface area contributed by atoms with Crippen molar-refractivity contribution in [3.8, 4) is 0 Å². The van der Waals surface area contributed by atoms with Crippen LogP contribution in [0.15, 0.2) is 0 Å².